The highest BCUT2D eigenvalue weighted by molar-refractivity contribution is 9.10. The number of rotatable bonds is 5. The molecule has 0 bridgehead atoms. The van der Waals surface area contributed by atoms with Crippen molar-refractivity contribution in [3.8, 4) is 5.75 Å². The first-order valence-corrected chi connectivity index (χ1v) is 8.09. The van der Waals surface area contributed by atoms with E-state index in [1.807, 2.05) is 0 Å². The molecule has 1 aliphatic heterocycles. The van der Waals surface area contributed by atoms with Gasteiger partial charge in [-0.1, -0.05) is 29.8 Å². The van der Waals surface area contributed by atoms with Crippen molar-refractivity contribution in [2.24, 2.45) is 5.92 Å². The number of benzene rings is 1. The standard InChI is InChI=1S/C16H24BrNO/c1-12(2)15-11-14(17)3-4-16(15)19-10-7-13-5-8-18-9-6-13/h3-4,11-13,18H,5-10H2,1-2H3. The Balaban J connectivity index is 1.88. The topological polar surface area (TPSA) is 21.3 Å². The minimum atomic E-state index is 0.492. The predicted octanol–water partition coefficient (Wildman–Crippen LogP) is 4.34. The van der Waals surface area contributed by atoms with Gasteiger partial charge in [-0.05, 0) is 68.0 Å². The Labute approximate surface area is 125 Å². The molecule has 0 atom stereocenters. The van der Waals surface area contributed by atoms with Crippen LogP contribution in [0, 0.1) is 5.92 Å². The van der Waals surface area contributed by atoms with Crippen molar-refractivity contribution in [3.63, 3.8) is 0 Å². The fraction of sp³-hybridized carbons (Fsp3) is 0.625. The molecule has 1 N–H and O–H groups in total. The summed E-state index contributed by atoms with van der Waals surface area (Å²) in [6, 6.07) is 6.32. The Morgan fingerprint density at radius 2 is 2.05 bits per heavy atom. The van der Waals surface area contributed by atoms with Crippen LogP contribution in [-0.4, -0.2) is 19.7 Å². The molecule has 1 fully saturated rings. The number of hydrogen-bond donors (Lipinski definition) is 1. The number of nitrogens with one attached hydrogen (secondary N) is 1. The molecule has 1 aromatic carbocycles. The highest BCUT2D eigenvalue weighted by Gasteiger charge is 2.14. The quantitative estimate of drug-likeness (QED) is 0.869. The van der Waals surface area contributed by atoms with Crippen molar-refractivity contribution >= 4 is 15.9 Å². The zero-order valence-corrected chi connectivity index (χ0v) is 13.5. The molecule has 19 heavy (non-hydrogen) atoms. The Kier molecular flexibility index (Phi) is 5.71. The van der Waals surface area contributed by atoms with Crippen molar-refractivity contribution < 1.29 is 4.74 Å². The van der Waals surface area contributed by atoms with Crippen LogP contribution in [0.3, 0.4) is 0 Å². The first-order chi connectivity index (χ1) is 9.16. The van der Waals surface area contributed by atoms with Crippen molar-refractivity contribution in [2.75, 3.05) is 19.7 Å². The third-order valence-electron chi connectivity index (χ3n) is 3.84. The second kappa shape index (κ2) is 7.30. The maximum Gasteiger partial charge on any atom is 0.122 e. The molecule has 1 aromatic rings. The van der Waals surface area contributed by atoms with Crippen LogP contribution in [-0.2, 0) is 0 Å². The summed E-state index contributed by atoms with van der Waals surface area (Å²) < 4.78 is 7.14. The van der Waals surface area contributed by atoms with Crippen LogP contribution in [0.1, 0.15) is 44.6 Å². The summed E-state index contributed by atoms with van der Waals surface area (Å²) in [6.45, 7) is 7.59. The lowest BCUT2D eigenvalue weighted by Gasteiger charge is -2.23. The van der Waals surface area contributed by atoms with Crippen LogP contribution in [0.25, 0.3) is 0 Å². The summed E-state index contributed by atoms with van der Waals surface area (Å²) in [7, 11) is 0. The summed E-state index contributed by atoms with van der Waals surface area (Å²) in [4.78, 5) is 0. The molecule has 0 unspecified atom stereocenters. The molecule has 0 spiro atoms. The largest absolute Gasteiger partial charge is 0.493 e. The van der Waals surface area contributed by atoms with Crippen molar-refractivity contribution in [1.29, 1.82) is 0 Å². The van der Waals surface area contributed by atoms with Gasteiger partial charge in [0, 0.05) is 4.47 Å². The van der Waals surface area contributed by atoms with Gasteiger partial charge < -0.3 is 10.1 Å². The van der Waals surface area contributed by atoms with Gasteiger partial charge in [0.25, 0.3) is 0 Å². The van der Waals surface area contributed by atoms with E-state index in [-0.39, 0.29) is 0 Å². The van der Waals surface area contributed by atoms with Crippen molar-refractivity contribution in [1.82, 2.24) is 5.32 Å². The van der Waals surface area contributed by atoms with Gasteiger partial charge in [0.05, 0.1) is 6.61 Å². The van der Waals surface area contributed by atoms with Gasteiger partial charge in [0.1, 0.15) is 5.75 Å². The molecule has 2 rings (SSSR count). The van der Waals surface area contributed by atoms with Gasteiger partial charge in [0.2, 0.25) is 0 Å². The smallest absolute Gasteiger partial charge is 0.122 e. The fourth-order valence-electron chi connectivity index (χ4n) is 2.61. The molecule has 3 heteroatoms. The molecule has 0 amide bonds. The van der Waals surface area contributed by atoms with Crippen LogP contribution in [0.5, 0.6) is 5.75 Å². The number of ether oxygens (including phenoxy) is 1. The van der Waals surface area contributed by atoms with E-state index in [1.165, 1.54) is 37.9 Å². The molecule has 0 aliphatic carbocycles. The van der Waals surface area contributed by atoms with E-state index in [9.17, 15) is 0 Å². The molecule has 1 aliphatic rings. The lowest BCUT2D eigenvalue weighted by Crippen LogP contribution is -2.28. The Hall–Kier alpha value is -0.540. The summed E-state index contributed by atoms with van der Waals surface area (Å²) in [5, 5.41) is 3.41. The SMILES string of the molecule is CC(C)c1cc(Br)ccc1OCCC1CCNCC1. The van der Waals surface area contributed by atoms with E-state index >= 15 is 0 Å². The highest BCUT2D eigenvalue weighted by Crippen LogP contribution is 2.30. The van der Waals surface area contributed by atoms with Crippen molar-refractivity contribution in [2.45, 2.75) is 39.0 Å². The van der Waals surface area contributed by atoms with Crippen LogP contribution >= 0.6 is 15.9 Å². The van der Waals surface area contributed by atoms with Gasteiger partial charge in [-0.25, -0.2) is 0 Å². The van der Waals surface area contributed by atoms with E-state index in [0.717, 1.165) is 22.7 Å². The Morgan fingerprint density at radius 1 is 1.32 bits per heavy atom. The van der Waals surface area contributed by atoms with Crippen LogP contribution < -0.4 is 10.1 Å². The fourth-order valence-corrected chi connectivity index (χ4v) is 2.99. The van der Waals surface area contributed by atoms with Crippen LogP contribution in [0.4, 0.5) is 0 Å². The number of hydrogen-bond acceptors (Lipinski definition) is 2. The first kappa shape index (κ1) is 14.9. The monoisotopic (exact) mass is 325 g/mol. The number of piperidine rings is 1. The van der Waals surface area contributed by atoms with E-state index in [2.05, 4.69) is 53.3 Å². The summed E-state index contributed by atoms with van der Waals surface area (Å²) in [5.41, 5.74) is 1.29. The third-order valence-corrected chi connectivity index (χ3v) is 4.33. The molecule has 106 valence electrons. The van der Waals surface area contributed by atoms with Gasteiger partial charge in [-0.3, -0.25) is 0 Å². The lowest BCUT2D eigenvalue weighted by atomic mass is 9.95. The molecule has 0 saturated carbocycles. The second-order valence-corrected chi connectivity index (χ2v) is 6.58. The van der Waals surface area contributed by atoms with Gasteiger partial charge in [-0.15, -0.1) is 0 Å². The zero-order chi connectivity index (χ0) is 13.7. The maximum atomic E-state index is 6.01. The highest BCUT2D eigenvalue weighted by atomic mass is 79.9. The molecular weight excluding hydrogens is 302 g/mol. The Bertz CT molecular complexity index is 400. The molecular formula is C16H24BrNO. The minimum Gasteiger partial charge on any atom is -0.493 e. The van der Waals surface area contributed by atoms with E-state index in [1.54, 1.807) is 0 Å². The second-order valence-electron chi connectivity index (χ2n) is 5.67. The lowest BCUT2D eigenvalue weighted by molar-refractivity contribution is 0.249. The summed E-state index contributed by atoms with van der Waals surface area (Å²) in [5.74, 6) is 2.37. The normalized spacial score (nSPS) is 16.8. The zero-order valence-electron chi connectivity index (χ0n) is 11.9. The molecule has 0 radical (unpaired) electrons. The Morgan fingerprint density at radius 3 is 2.74 bits per heavy atom. The van der Waals surface area contributed by atoms with Crippen LogP contribution in [0.2, 0.25) is 0 Å². The van der Waals surface area contributed by atoms with Gasteiger partial charge in [0.15, 0.2) is 0 Å². The minimum absolute atomic E-state index is 0.492. The molecule has 2 nitrogen and oxygen atoms in total. The van der Waals surface area contributed by atoms with Gasteiger partial charge >= 0.3 is 0 Å². The molecule has 1 heterocycles. The maximum absolute atomic E-state index is 6.01. The number of halogens is 1. The predicted molar refractivity (Wildman–Crippen MR) is 83.9 cm³/mol. The van der Waals surface area contributed by atoms with E-state index in [0.29, 0.717) is 5.92 Å². The average molecular weight is 326 g/mol. The average Bonchev–Trinajstić information content (AvgIpc) is 2.41. The summed E-state index contributed by atoms with van der Waals surface area (Å²) >= 11 is 3.53. The first-order valence-electron chi connectivity index (χ1n) is 7.30. The molecule has 0 aromatic heterocycles. The van der Waals surface area contributed by atoms with E-state index < -0.39 is 0 Å². The van der Waals surface area contributed by atoms with Gasteiger partial charge in [-0.2, -0.15) is 0 Å². The third kappa shape index (κ3) is 4.50. The summed E-state index contributed by atoms with van der Waals surface area (Å²) in [6.07, 6.45) is 3.76. The van der Waals surface area contributed by atoms with Crippen molar-refractivity contribution in [3.05, 3.63) is 28.2 Å². The molecule has 1 saturated heterocycles. The van der Waals surface area contributed by atoms with Crippen LogP contribution in [0.15, 0.2) is 22.7 Å². The van der Waals surface area contributed by atoms with E-state index in [4.69, 9.17) is 4.74 Å².